The van der Waals surface area contributed by atoms with Crippen LogP contribution < -0.4 is 5.73 Å². The van der Waals surface area contributed by atoms with Crippen molar-refractivity contribution in [3.8, 4) is 0 Å². The van der Waals surface area contributed by atoms with E-state index in [4.69, 9.17) is 5.73 Å². The predicted molar refractivity (Wildman–Crippen MR) is 86.8 cm³/mol. The highest BCUT2D eigenvalue weighted by Gasteiger charge is 2.21. The van der Waals surface area contributed by atoms with E-state index in [1.165, 1.54) is 11.3 Å². The number of carbonyl (C=O) groups is 1. The van der Waals surface area contributed by atoms with Gasteiger partial charge in [-0.1, -0.05) is 0 Å². The fraction of sp³-hybridized carbons (Fsp3) is 0.462. The minimum atomic E-state index is -0.113. The number of nitrogens with two attached hydrogens (primary N) is 1. The molecular weight excluding hydrogens is 354 g/mol. The summed E-state index contributed by atoms with van der Waals surface area (Å²) in [5.41, 5.74) is 6.51. The SMILES string of the molecule is CN(C)CCn1ncc(Br)c1C(=O)c1csc(CCN)n1. The van der Waals surface area contributed by atoms with Crippen LogP contribution in [0.2, 0.25) is 0 Å². The van der Waals surface area contributed by atoms with Gasteiger partial charge in [0, 0.05) is 18.3 Å². The summed E-state index contributed by atoms with van der Waals surface area (Å²) in [6.45, 7) is 2.00. The molecule has 2 aromatic heterocycles. The molecule has 6 nitrogen and oxygen atoms in total. The fourth-order valence-corrected chi connectivity index (χ4v) is 3.10. The largest absolute Gasteiger partial charge is 0.330 e. The number of aromatic nitrogens is 3. The van der Waals surface area contributed by atoms with Gasteiger partial charge < -0.3 is 10.6 Å². The molecular formula is C13H18BrN5OS. The Morgan fingerprint density at radius 1 is 1.52 bits per heavy atom. The molecule has 0 bridgehead atoms. The number of hydrogen-bond acceptors (Lipinski definition) is 6. The molecule has 8 heteroatoms. The number of hydrogen-bond donors (Lipinski definition) is 1. The van der Waals surface area contributed by atoms with Crippen molar-refractivity contribution in [1.82, 2.24) is 19.7 Å². The first kappa shape index (κ1) is 16.3. The second-order valence-electron chi connectivity index (χ2n) is 4.86. The van der Waals surface area contributed by atoms with Gasteiger partial charge in [0.1, 0.15) is 11.4 Å². The van der Waals surface area contributed by atoms with Crippen LogP contribution in [0.15, 0.2) is 16.0 Å². The average Bonchev–Trinajstić information content (AvgIpc) is 3.03. The Hall–Kier alpha value is -1.09. The lowest BCUT2D eigenvalue weighted by Gasteiger charge is -2.11. The third-order valence-corrected chi connectivity index (χ3v) is 4.40. The van der Waals surface area contributed by atoms with Gasteiger partial charge in [0.15, 0.2) is 0 Å². The lowest BCUT2D eigenvalue weighted by Crippen LogP contribution is -2.22. The molecule has 0 radical (unpaired) electrons. The van der Waals surface area contributed by atoms with Crippen molar-refractivity contribution in [3.63, 3.8) is 0 Å². The molecule has 114 valence electrons. The Labute approximate surface area is 136 Å². The van der Waals surface area contributed by atoms with Gasteiger partial charge in [-0.15, -0.1) is 11.3 Å². The molecule has 0 aromatic carbocycles. The Morgan fingerprint density at radius 2 is 2.29 bits per heavy atom. The summed E-state index contributed by atoms with van der Waals surface area (Å²) >= 11 is 4.86. The van der Waals surface area contributed by atoms with E-state index in [2.05, 4.69) is 26.0 Å². The van der Waals surface area contributed by atoms with Crippen LogP contribution in [0.5, 0.6) is 0 Å². The summed E-state index contributed by atoms with van der Waals surface area (Å²) in [5, 5.41) is 6.92. The van der Waals surface area contributed by atoms with E-state index in [1.54, 1.807) is 16.3 Å². The van der Waals surface area contributed by atoms with Gasteiger partial charge in [0.25, 0.3) is 0 Å². The van der Waals surface area contributed by atoms with Crippen LogP contribution in [-0.4, -0.2) is 52.6 Å². The second-order valence-corrected chi connectivity index (χ2v) is 6.66. The van der Waals surface area contributed by atoms with E-state index in [0.29, 0.717) is 35.4 Å². The summed E-state index contributed by atoms with van der Waals surface area (Å²) in [7, 11) is 3.97. The first-order valence-corrected chi connectivity index (χ1v) is 8.25. The molecule has 2 aromatic rings. The summed E-state index contributed by atoms with van der Waals surface area (Å²) < 4.78 is 2.41. The average molecular weight is 372 g/mol. The molecule has 2 rings (SSSR count). The first-order valence-electron chi connectivity index (χ1n) is 6.58. The van der Waals surface area contributed by atoms with Crippen molar-refractivity contribution in [2.24, 2.45) is 5.73 Å². The van der Waals surface area contributed by atoms with Crippen LogP contribution in [-0.2, 0) is 13.0 Å². The van der Waals surface area contributed by atoms with Crippen LogP contribution in [0.3, 0.4) is 0 Å². The highest BCUT2D eigenvalue weighted by atomic mass is 79.9. The van der Waals surface area contributed by atoms with Gasteiger partial charge in [-0.05, 0) is 36.6 Å². The van der Waals surface area contributed by atoms with Gasteiger partial charge in [-0.2, -0.15) is 5.10 Å². The number of carbonyl (C=O) groups excluding carboxylic acids is 1. The number of nitrogens with zero attached hydrogens (tertiary/aromatic N) is 4. The summed E-state index contributed by atoms with van der Waals surface area (Å²) in [6, 6.07) is 0. The third kappa shape index (κ3) is 3.97. The lowest BCUT2D eigenvalue weighted by molar-refractivity contribution is 0.102. The monoisotopic (exact) mass is 371 g/mol. The number of thiazole rings is 1. The molecule has 0 spiro atoms. The molecule has 21 heavy (non-hydrogen) atoms. The number of halogens is 1. The van der Waals surface area contributed by atoms with E-state index in [1.807, 2.05) is 19.0 Å². The molecule has 2 N–H and O–H groups in total. The molecule has 0 saturated carbocycles. The van der Waals surface area contributed by atoms with Crippen molar-refractivity contribution in [2.45, 2.75) is 13.0 Å². The zero-order chi connectivity index (χ0) is 15.4. The van der Waals surface area contributed by atoms with Gasteiger partial charge in [-0.3, -0.25) is 9.48 Å². The Kier molecular flexibility index (Phi) is 5.63. The smallest absolute Gasteiger partial charge is 0.231 e. The first-order chi connectivity index (χ1) is 10.0. The van der Waals surface area contributed by atoms with E-state index in [9.17, 15) is 4.79 Å². The van der Waals surface area contributed by atoms with Crippen LogP contribution in [0.4, 0.5) is 0 Å². The second kappa shape index (κ2) is 7.26. The maximum Gasteiger partial charge on any atom is 0.231 e. The standard InChI is InChI=1S/C13H18BrN5OS/c1-18(2)5-6-19-12(9(14)7-16-19)13(20)10-8-21-11(17-10)3-4-15/h7-8H,3-6,15H2,1-2H3. The maximum atomic E-state index is 12.6. The predicted octanol–water partition coefficient (Wildman–Crippen LogP) is 1.40. The minimum Gasteiger partial charge on any atom is -0.330 e. The molecule has 0 aliphatic carbocycles. The molecule has 0 unspecified atom stereocenters. The van der Waals surface area contributed by atoms with Crippen molar-refractivity contribution < 1.29 is 4.79 Å². The zero-order valence-corrected chi connectivity index (χ0v) is 14.4. The van der Waals surface area contributed by atoms with Gasteiger partial charge in [-0.25, -0.2) is 4.98 Å². The summed E-state index contributed by atoms with van der Waals surface area (Å²) in [4.78, 5) is 19.0. The number of likely N-dealkylation sites (N-methyl/N-ethyl adjacent to an activating group) is 1. The van der Waals surface area contributed by atoms with Crippen molar-refractivity contribution in [2.75, 3.05) is 27.2 Å². The van der Waals surface area contributed by atoms with E-state index in [0.717, 1.165) is 11.6 Å². The molecule has 2 heterocycles. The van der Waals surface area contributed by atoms with Crippen molar-refractivity contribution >= 4 is 33.0 Å². The topological polar surface area (TPSA) is 77.0 Å². The Bertz CT molecular complexity index is 622. The Morgan fingerprint density at radius 3 is 2.95 bits per heavy atom. The molecule has 0 aliphatic heterocycles. The van der Waals surface area contributed by atoms with E-state index in [-0.39, 0.29) is 5.78 Å². The van der Waals surface area contributed by atoms with Crippen molar-refractivity contribution in [1.29, 1.82) is 0 Å². The molecule has 0 aliphatic rings. The quantitative estimate of drug-likeness (QED) is 0.744. The minimum absolute atomic E-state index is 0.113. The van der Waals surface area contributed by atoms with Gasteiger partial charge in [0.2, 0.25) is 5.78 Å². The maximum absolute atomic E-state index is 12.6. The summed E-state index contributed by atoms with van der Waals surface area (Å²) in [6.07, 6.45) is 2.34. The molecule has 0 fully saturated rings. The van der Waals surface area contributed by atoms with Gasteiger partial charge >= 0.3 is 0 Å². The van der Waals surface area contributed by atoms with E-state index >= 15 is 0 Å². The highest BCUT2D eigenvalue weighted by molar-refractivity contribution is 9.10. The highest BCUT2D eigenvalue weighted by Crippen LogP contribution is 2.21. The summed E-state index contributed by atoms with van der Waals surface area (Å²) in [5.74, 6) is -0.113. The lowest BCUT2D eigenvalue weighted by atomic mass is 10.2. The van der Waals surface area contributed by atoms with Gasteiger partial charge in [0.05, 0.1) is 22.2 Å². The van der Waals surface area contributed by atoms with Crippen LogP contribution in [0.1, 0.15) is 21.2 Å². The van der Waals surface area contributed by atoms with Crippen LogP contribution >= 0.6 is 27.3 Å². The number of ketones is 1. The molecule has 0 atom stereocenters. The molecule has 0 saturated heterocycles. The normalized spacial score (nSPS) is 11.3. The molecule has 0 amide bonds. The van der Waals surface area contributed by atoms with E-state index < -0.39 is 0 Å². The van der Waals surface area contributed by atoms with Crippen molar-refractivity contribution in [3.05, 3.63) is 32.4 Å². The number of rotatable bonds is 7. The zero-order valence-electron chi connectivity index (χ0n) is 12.0. The Balaban J connectivity index is 2.23. The van der Waals surface area contributed by atoms with Crippen LogP contribution in [0, 0.1) is 0 Å². The van der Waals surface area contributed by atoms with Crippen LogP contribution in [0.25, 0.3) is 0 Å². The third-order valence-electron chi connectivity index (χ3n) is 2.91. The fourth-order valence-electron chi connectivity index (χ4n) is 1.83.